The SMILES string of the molecule is CC1CCC2(CC1)COC(C)(c1ccccc1)CN2. The molecule has 2 aliphatic rings. The van der Waals surface area contributed by atoms with Crippen LogP contribution in [-0.2, 0) is 10.3 Å². The predicted molar refractivity (Wildman–Crippen MR) is 78.1 cm³/mol. The summed E-state index contributed by atoms with van der Waals surface area (Å²) < 4.78 is 6.32. The second-order valence-corrected chi connectivity index (χ2v) is 6.70. The first-order chi connectivity index (χ1) is 9.12. The van der Waals surface area contributed by atoms with Gasteiger partial charge in [0.25, 0.3) is 0 Å². The van der Waals surface area contributed by atoms with E-state index < -0.39 is 0 Å². The van der Waals surface area contributed by atoms with Crippen LogP contribution in [0.3, 0.4) is 0 Å². The number of nitrogens with one attached hydrogen (secondary N) is 1. The molecule has 1 aromatic rings. The minimum absolute atomic E-state index is 0.171. The van der Waals surface area contributed by atoms with Crippen LogP contribution >= 0.6 is 0 Å². The molecule has 1 N–H and O–H groups in total. The molecule has 1 aliphatic heterocycles. The van der Waals surface area contributed by atoms with Gasteiger partial charge in [-0.3, -0.25) is 0 Å². The van der Waals surface area contributed by atoms with Crippen LogP contribution in [0.5, 0.6) is 0 Å². The van der Waals surface area contributed by atoms with Crippen molar-refractivity contribution in [2.75, 3.05) is 13.2 Å². The van der Waals surface area contributed by atoms with Crippen molar-refractivity contribution in [2.45, 2.75) is 50.7 Å². The fourth-order valence-electron chi connectivity index (χ4n) is 3.37. The van der Waals surface area contributed by atoms with E-state index in [0.717, 1.165) is 19.1 Å². The van der Waals surface area contributed by atoms with Gasteiger partial charge in [0.15, 0.2) is 0 Å². The molecule has 2 nitrogen and oxygen atoms in total. The number of benzene rings is 1. The minimum Gasteiger partial charge on any atom is -0.367 e. The van der Waals surface area contributed by atoms with E-state index in [1.165, 1.54) is 31.2 Å². The summed E-state index contributed by atoms with van der Waals surface area (Å²) in [5.74, 6) is 0.884. The molecule has 1 atom stereocenters. The lowest BCUT2D eigenvalue weighted by Crippen LogP contribution is -2.61. The van der Waals surface area contributed by atoms with Gasteiger partial charge in [0.05, 0.1) is 6.61 Å². The largest absolute Gasteiger partial charge is 0.367 e. The lowest BCUT2D eigenvalue weighted by atomic mass is 9.76. The van der Waals surface area contributed by atoms with Crippen molar-refractivity contribution < 1.29 is 4.74 Å². The maximum absolute atomic E-state index is 6.32. The molecular formula is C17H25NO. The van der Waals surface area contributed by atoms with Crippen LogP contribution in [0, 0.1) is 5.92 Å². The second kappa shape index (κ2) is 4.92. The Hall–Kier alpha value is -0.860. The summed E-state index contributed by atoms with van der Waals surface area (Å²) in [4.78, 5) is 0. The van der Waals surface area contributed by atoms with Gasteiger partial charge in [0.2, 0.25) is 0 Å². The van der Waals surface area contributed by atoms with Gasteiger partial charge in [-0.2, -0.15) is 0 Å². The zero-order valence-corrected chi connectivity index (χ0v) is 12.1. The van der Waals surface area contributed by atoms with Crippen LogP contribution < -0.4 is 5.32 Å². The number of morpholine rings is 1. The summed E-state index contributed by atoms with van der Waals surface area (Å²) in [6.45, 7) is 6.34. The first kappa shape index (κ1) is 13.1. The highest BCUT2D eigenvalue weighted by molar-refractivity contribution is 5.23. The summed E-state index contributed by atoms with van der Waals surface area (Å²) in [5.41, 5.74) is 1.36. The van der Waals surface area contributed by atoms with Gasteiger partial charge < -0.3 is 10.1 Å². The maximum atomic E-state index is 6.32. The molecule has 1 unspecified atom stereocenters. The van der Waals surface area contributed by atoms with E-state index in [2.05, 4.69) is 49.5 Å². The number of hydrogen-bond acceptors (Lipinski definition) is 2. The Kier molecular flexibility index (Phi) is 3.40. The molecule has 0 amide bonds. The van der Waals surface area contributed by atoms with Crippen LogP contribution in [0.25, 0.3) is 0 Å². The minimum atomic E-state index is -0.171. The molecule has 1 spiro atoms. The molecule has 1 aromatic carbocycles. The highest BCUT2D eigenvalue weighted by Crippen LogP contribution is 2.38. The van der Waals surface area contributed by atoms with Crippen molar-refractivity contribution in [3.8, 4) is 0 Å². The van der Waals surface area contributed by atoms with Crippen molar-refractivity contribution in [1.29, 1.82) is 0 Å². The van der Waals surface area contributed by atoms with Crippen molar-refractivity contribution in [2.24, 2.45) is 5.92 Å². The summed E-state index contributed by atoms with van der Waals surface area (Å²) in [5, 5.41) is 3.82. The highest BCUT2D eigenvalue weighted by atomic mass is 16.5. The number of hydrogen-bond donors (Lipinski definition) is 1. The first-order valence-electron chi connectivity index (χ1n) is 7.57. The molecule has 1 heterocycles. The Bertz CT molecular complexity index is 410. The zero-order valence-electron chi connectivity index (χ0n) is 12.1. The molecule has 1 saturated heterocycles. The molecule has 0 aromatic heterocycles. The molecule has 2 fully saturated rings. The maximum Gasteiger partial charge on any atom is 0.103 e. The summed E-state index contributed by atoms with van der Waals surface area (Å²) in [6, 6.07) is 10.6. The van der Waals surface area contributed by atoms with E-state index >= 15 is 0 Å². The monoisotopic (exact) mass is 259 g/mol. The summed E-state index contributed by atoms with van der Waals surface area (Å²) in [6.07, 6.45) is 5.19. The van der Waals surface area contributed by atoms with Gasteiger partial charge in [-0.25, -0.2) is 0 Å². The zero-order chi connectivity index (χ0) is 13.3. The summed E-state index contributed by atoms with van der Waals surface area (Å²) >= 11 is 0. The van der Waals surface area contributed by atoms with Crippen molar-refractivity contribution in [3.05, 3.63) is 35.9 Å². The van der Waals surface area contributed by atoms with Gasteiger partial charge in [-0.1, -0.05) is 37.3 Å². The van der Waals surface area contributed by atoms with Crippen LogP contribution in [0.2, 0.25) is 0 Å². The number of rotatable bonds is 1. The van der Waals surface area contributed by atoms with Crippen molar-refractivity contribution in [3.63, 3.8) is 0 Å². The van der Waals surface area contributed by atoms with Gasteiger partial charge in [0, 0.05) is 12.1 Å². The van der Waals surface area contributed by atoms with E-state index in [4.69, 9.17) is 4.74 Å². The smallest absolute Gasteiger partial charge is 0.103 e. The highest BCUT2D eigenvalue weighted by Gasteiger charge is 2.42. The van der Waals surface area contributed by atoms with E-state index in [0.29, 0.717) is 0 Å². The fourth-order valence-corrected chi connectivity index (χ4v) is 3.37. The quantitative estimate of drug-likeness (QED) is 0.834. The Labute approximate surface area is 116 Å². The van der Waals surface area contributed by atoms with Crippen LogP contribution in [0.4, 0.5) is 0 Å². The Balaban J connectivity index is 1.69. The summed E-state index contributed by atoms with van der Waals surface area (Å²) in [7, 11) is 0. The van der Waals surface area contributed by atoms with E-state index in [-0.39, 0.29) is 11.1 Å². The molecule has 19 heavy (non-hydrogen) atoms. The standard InChI is InChI=1S/C17H25NO/c1-14-8-10-17(11-9-14)13-19-16(2,12-18-17)15-6-4-3-5-7-15/h3-7,14,18H,8-13H2,1-2H3. The van der Waals surface area contributed by atoms with Gasteiger partial charge >= 0.3 is 0 Å². The lowest BCUT2D eigenvalue weighted by molar-refractivity contribution is -0.113. The second-order valence-electron chi connectivity index (χ2n) is 6.70. The van der Waals surface area contributed by atoms with Crippen molar-refractivity contribution >= 4 is 0 Å². The lowest BCUT2D eigenvalue weighted by Gasteiger charge is -2.49. The Morgan fingerprint density at radius 2 is 1.84 bits per heavy atom. The third-order valence-electron chi connectivity index (χ3n) is 5.08. The normalized spacial score (nSPS) is 39.4. The first-order valence-corrected chi connectivity index (χ1v) is 7.57. The van der Waals surface area contributed by atoms with Crippen molar-refractivity contribution in [1.82, 2.24) is 5.32 Å². The molecule has 0 radical (unpaired) electrons. The van der Waals surface area contributed by atoms with Crippen LogP contribution in [0.15, 0.2) is 30.3 Å². The predicted octanol–water partition coefficient (Wildman–Crippen LogP) is 3.47. The molecular weight excluding hydrogens is 234 g/mol. The molecule has 1 saturated carbocycles. The van der Waals surface area contributed by atoms with Gasteiger partial charge in [-0.05, 0) is 44.1 Å². The van der Waals surface area contributed by atoms with Crippen LogP contribution in [0.1, 0.15) is 45.1 Å². The number of ether oxygens (including phenoxy) is 1. The fraction of sp³-hybridized carbons (Fsp3) is 0.647. The van der Waals surface area contributed by atoms with Gasteiger partial charge in [-0.15, -0.1) is 0 Å². The molecule has 104 valence electrons. The van der Waals surface area contributed by atoms with Crippen LogP contribution in [-0.4, -0.2) is 18.7 Å². The average Bonchev–Trinajstić information content (AvgIpc) is 2.47. The molecule has 0 bridgehead atoms. The topological polar surface area (TPSA) is 21.3 Å². The Morgan fingerprint density at radius 3 is 2.42 bits per heavy atom. The Morgan fingerprint density at radius 1 is 1.16 bits per heavy atom. The van der Waals surface area contributed by atoms with E-state index in [1.54, 1.807) is 0 Å². The molecule has 3 rings (SSSR count). The van der Waals surface area contributed by atoms with E-state index in [9.17, 15) is 0 Å². The molecule has 2 heteroatoms. The molecule has 1 aliphatic carbocycles. The average molecular weight is 259 g/mol. The van der Waals surface area contributed by atoms with E-state index in [1.807, 2.05) is 0 Å². The third kappa shape index (κ3) is 2.56. The van der Waals surface area contributed by atoms with Gasteiger partial charge in [0.1, 0.15) is 5.60 Å². The third-order valence-corrected chi connectivity index (χ3v) is 5.08.